The van der Waals surface area contributed by atoms with Crippen LogP contribution in [0.4, 0.5) is 10.5 Å². The summed E-state index contributed by atoms with van der Waals surface area (Å²) in [5.41, 5.74) is 1.86. The third kappa shape index (κ3) is 5.05. The normalized spacial score (nSPS) is 10.5. The topological polar surface area (TPSA) is 50.4 Å². The highest BCUT2D eigenvalue weighted by atomic mass is 35.5. The first-order chi connectivity index (χ1) is 11.0. The van der Waals surface area contributed by atoms with Gasteiger partial charge >= 0.3 is 6.03 Å². The number of ether oxygens (including phenoxy) is 1. The lowest BCUT2D eigenvalue weighted by atomic mass is 10.0. The van der Waals surface area contributed by atoms with Gasteiger partial charge in [0.05, 0.1) is 5.02 Å². The van der Waals surface area contributed by atoms with E-state index in [1.165, 1.54) is 0 Å². The average Bonchev–Trinajstić information content (AvgIpc) is 2.50. The van der Waals surface area contributed by atoms with Crippen LogP contribution in [0.3, 0.4) is 0 Å². The van der Waals surface area contributed by atoms with Crippen molar-refractivity contribution < 1.29 is 9.53 Å². The van der Waals surface area contributed by atoms with E-state index in [-0.39, 0.29) is 12.8 Å². The molecule has 0 aliphatic rings. The van der Waals surface area contributed by atoms with Crippen LogP contribution >= 0.6 is 23.2 Å². The highest BCUT2D eigenvalue weighted by molar-refractivity contribution is 6.35. The van der Waals surface area contributed by atoms with Gasteiger partial charge in [0.2, 0.25) is 0 Å². The maximum Gasteiger partial charge on any atom is 0.321 e. The van der Waals surface area contributed by atoms with Crippen molar-refractivity contribution in [1.82, 2.24) is 5.32 Å². The molecule has 2 amide bonds. The van der Waals surface area contributed by atoms with E-state index in [9.17, 15) is 4.79 Å². The Balaban J connectivity index is 1.88. The van der Waals surface area contributed by atoms with Crippen molar-refractivity contribution in [3.63, 3.8) is 0 Å². The molecule has 0 aromatic heterocycles. The number of anilines is 1. The van der Waals surface area contributed by atoms with Gasteiger partial charge < -0.3 is 15.4 Å². The van der Waals surface area contributed by atoms with Crippen LogP contribution in [0, 0.1) is 0 Å². The molecule has 0 saturated heterocycles. The maximum atomic E-state index is 12.0. The highest BCUT2D eigenvalue weighted by Gasteiger charge is 2.09. The molecule has 0 aliphatic heterocycles. The van der Waals surface area contributed by atoms with Crippen molar-refractivity contribution in [3.8, 4) is 5.75 Å². The van der Waals surface area contributed by atoms with E-state index in [1.54, 1.807) is 18.2 Å². The van der Waals surface area contributed by atoms with Gasteiger partial charge in [-0.2, -0.15) is 0 Å². The van der Waals surface area contributed by atoms with Crippen molar-refractivity contribution in [2.45, 2.75) is 19.8 Å². The Morgan fingerprint density at radius 2 is 1.91 bits per heavy atom. The van der Waals surface area contributed by atoms with E-state index >= 15 is 0 Å². The van der Waals surface area contributed by atoms with Crippen molar-refractivity contribution in [3.05, 3.63) is 58.1 Å². The molecule has 0 bridgehead atoms. The lowest BCUT2D eigenvalue weighted by Gasteiger charge is -2.14. The second-order valence-corrected chi connectivity index (χ2v) is 6.08. The largest absolute Gasteiger partial charge is 0.472 e. The van der Waals surface area contributed by atoms with Crippen LogP contribution in [0.2, 0.25) is 10.0 Å². The van der Waals surface area contributed by atoms with Crippen molar-refractivity contribution in [2.24, 2.45) is 0 Å². The summed E-state index contributed by atoms with van der Waals surface area (Å²) in [4.78, 5) is 12.0. The lowest BCUT2D eigenvalue weighted by Crippen LogP contribution is -2.32. The Morgan fingerprint density at radius 3 is 2.61 bits per heavy atom. The quantitative estimate of drug-likeness (QED) is 0.719. The molecular formula is C17H18Cl2N2O2. The van der Waals surface area contributed by atoms with Gasteiger partial charge in [0.1, 0.15) is 5.75 Å². The number of para-hydroxylation sites is 1. The monoisotopic (exact) mass is 352 g/mol. The molecule has 23 heavy (non-hydrogen) atoms. The molecule has 0 aliphatic carbocycles. The van der Waals surface area contributed by atoms with Crippen molar-refractivity contribution >= 4 is 34.9 Å². The molecule has 0 radical (unpaired) electrons. The minimum absolute atomic E-state index is 0.00295. The number of nitrogens with one attached hydrogen (secondary N) is 2. The first kappa shape index (κ1) is 17.4. The predicted octanol–water partition coefficient (Wildman–Crippen LogP) is 5.27. The molecule has 2 rings (SSSR count). The minimum Gasteiger partial charge on any atom is -0.472 e. The van der Waals surface area contributed by atoms with Crippen molar-refractivity contribution in [1.29, 1.82) is 0 Å². The summed E-state index contributed by atoms with van der Waals surface area (Å²) < 4.78 is 5.42. The molecule has 2 N–H and O–H groups in total. The second kappa shape index (κ2) is 8.09. The van der Waals surface area contributed by atoms with Crippen LogP contribution in [0.1, 0.15) is 25.3 Å². The number of rotatable bonds is 5. The Bertz CT molecular complexity index is 690. The van der Waals surface area contributed by atoms with E-state index < -0.39 is 0 Å². The van der Waals surface area contributed by atoms with Gasteiger partial charge in [-0.25, -0.2) is 4.79 Å². The standard InChI is InChI=1S/C17H18Cl2N2O2/c1-11(2)13-5-3-4-6-15(13)21-17(22)20-10-23-16-8-7-12(18)9-14(16)19/h3-9,11H,10H2,1-2H3,(H2,20,21,22). The summed E-state index contributed by atoms with van der Waals surface area (Å²) in [6, 6.07) is 12.2. The predicted molar refractivity (Wildman–Crippen MR) is 94.6 cm³/mol. The van der Waals surface area contributed by atoms with Crippen LogP contribution in [0.5, 0.6) is 5.75 Å². The number of urea groups is 1. The number of hydrogen-bond donors (Lipinski definition) is 2. The summed E-state index contributed by atoms with van der Waals surface area (Å²) >= 11 is 11.8. The second-order valence-electron chi connectivity index (χ2n) is 5.24. The van der Waals surface area contributed by atoms with Gasteiger partial charge in [-0.3, -0.25) is 0 Å². The summed E-state index contributed by atoms with van der Waals surface area (Å²) in [5.74, 6) is 0.773. The number of carbonyl (C=O) groups excluding carboxylic acids is 1. The molecule has 0 saturated carbocycles. The molecule has 0 heterocycles. The molecule has 0 atom stereocenters. The maximum absolute atomic E-state index is 12.0. The van der Waals surface area contributed by atoms with Crippen LogP contribution in [-0.2, 0) is 0 Å². The van der Waals surface area contributed by atoms with Crippen LogP contribution in [-0.4, -0.2) is 12.8 Å². The first-order valence-corrected chi connectivity index (χ1v) is 7.94. The van der Waals surface area contributed by atoms with E-state index in [0.29, 0.717) is 21.7 Å². The molecular weight excluding hydrogens is 335 g/mol. The van der Waals surface area contributed by atoms with E-state index in [2.05, 4.69) is 24.5 Å². The molecule has 0 spiro atoms. The summed E-state index contributed by atoms with van der Waals surface area (Å²) in [7, 11) is 0. The molecule has 0 unspecified atom stereocenters. The SMILES string of the molecule is CC(C)c1ccccc1NC(=O)NCOc1ccc(Cl)cc1Cl. The fourth-order valence-electron chi connectivity index (χ4n) is 2.05. The fourth-order valence-corrected chi connectivity index (χ4v) is 2.52. The summed E-state index contributed by atoms with van der Waals surface area (Å²) in [6.07, 6.45) is 0. The molecule has 6 heteroatoms. The van der Waals surface area contributed by atoms with Crippen LogP contribution < -0.4 is 15.4 Å². The van der Waals surface area contributed by atoms with Gasteiger partial charge in [0, 0.05) is 10.7 Å². The van der Waals surface area contributed by atoms with Crippen LogP contribution in [0.25, 0.3) is 0 Å². The summed E-state index contributed by atoms with van der Waals surface area (Å²) in [6.45, 7) is 4.14. The number of amides is 2. The Hall–Kier alpha value is -1.91. The van der Waals surface area contributed by atoms with Gasteiger partial charge in [-0.15, -0.1) is 0 Å². The molecule has 2 aromatic rings. The van der Waals surface area contributed by atoms with Gasteiger partial charge in [0.25, 0.3) is 0 Å². The average molecular weight is 353 g/mol. The Morgan fingerprint density at radius 1 is 1.17 bits per heavy atom. The molecule has 2 aromatic carbocycles. The number of benzene rings is 2. The van der Waals surface area contributed by atoms with E-state index in [0.717, 1.165) is 11.3 Å². The highest BCUT2D eigenvalue weighted by Crippen LogP contribution is 2.27. The number of hydrogen-bond acceptors (Lipinski definition) is 2. The van der Waals surface area contributed by atoms with E-state index in [4.69, 9.17) is 27.9 Å². The van der Waals surface area contributed by atoms with Gasteiger partial charge in [-0.1, -0.05) is 55.2 Å². The third-order valence-corrected chi connectivity index (χ3v) is 3.72. The molecule has 4 nitrogen and oxygen atoms in total. The first-order valence-electron chi connectivity index (χ1n) is 7.19. The van der Waals surface area contributed by atoms with Gasteiger partial charge in [-0.05, 0) is 35.7 Å². The summed E-state index contributed by atoms with van der Waals surface area (Å²) in [5, 5.41) is 6.36. The van der Waals surface area contributed by atoms with E-state index in [1.807, 2.05) is 24.3 Å². The number of carbonyl (C=O) groups is 1. The Labute approximate surface area is 145 Å². The third-order valence-electron chi connectivity index (χ3n) is 3.19. The smallest absolute Gasteiger partial charge is 0.321 e. The Kier molecular flexibility index (Phi) is 6.13. The molecule has 0 fully saturated rings. The zero-order valence-electron chi connectivity index (χ0n) is 12.9. The number of halogens is 2. The zero-order valence-corrected chi connectivity index (χ0v) is 14.4. The fraction of sp³-hybridized carbons (Fsp3) is 0.235. The van der Waals surface area contributed by atoms with Crippen LogP contribution in [0.15, 0.2) is 42.5 Å². The zero-order chi connectivity index (χ0) is 16.8. The molecule has 122 valence electrons. The minimum atomic E-state index is -0.344. The van der Waals surface area contributed by atoms with Gasteiger partial charge in [0.15, 0.2) is 6.73 Å². The van der Waals surface area contributed by atoms with Crippen molar-refractivity contribution in [2.75, 3.05) is 12.0 Å². The lowest BCUT2D eigenvalue weighted by molar-refractivity contribution is 0.234.